The zero-order chi connectivity index (χ0) is 12.8. The molecule has 0 heterocycles. The Morgan fingerprint density at radius 2 is 1.56 bits per heavy atom. The van der Waals surface area contributed by atoms with Crippen molar-refractivity contribution < 1.29 is 4.79 Å². The number of hydrogen-bond acceptors (Lipinski definition) is 2. The Morgan fingerprint density at radius 3 is 2.17 bits per heavy atom. The van der Waals surface area contributed by atoms with Gasteiger partial charge in [0, 0.05) is 11.3 Å². The molecule has 0 aromatic heterocycles. The lowest BCUT2D eigenvalue weighted by molar-refractivity contribution is 0.101. The van der Waals surface area contributed by atoms with Gasteiger partial charge in [-0.15, -0.1) is 11.8 Å². The number of rotatable bonds is 5. The minimum Gasteiger partial charge on any atom is -0.292 e. The van der Waals surface area contributed by atoms with Gasteiger partial charge in [0.15, 0.2) is 5.78 Å². The summed E-state index contributed by atoms with van der Waals surface area (Å²) in [5.41, 5.74) is 1.98. The Balaban J connectivity index is 1.93. The molecule has 0 radical (unpaired) electrons. The first-order valence-corrected chi connectivity index (χ1v) is 7.62. The van der Waals surface area contributed by atoms with Crippen molar-refractivity contribution in [2.45, 2.75) is 9.91 Å². The van der Waals surface area contributed by atoms with Crippen molar-refractivity contribution in [3.63, 3.8) is 0 Å². The molecule has 3 heteroatoms. The molecule has 92 valence electrons. The van der Waals surface area contributed by atoms with Crippen LogP contribution in [0.15, 0.2) is 60.7 Å². The van der Waals surface area contributed by atoms with Gasteiger partial charge in [-0.1, -0.05) is 76.6 Å². The van der Waals surface area contributed by atoms with Gasteiger partial charge in [-0.3, -0.25) is 4.79 Å². The normalized spacial score (nSPS) is 12.1. The monoisotopic (exact) mass is 320 g/mol. The van der Waals surface area contributed by atoms with Crippen molar-refractivity contribution in [1.29, 1.82) is 0 Å². The first kappa shape index (κ1) is 13.4. The standard InChI is InChI=1S/C15H13BrOS/c16-15(14(17)13-9-5-2-6-10-13)18-11-12-7-3-1-4-8-12/h1-10,15H,11H2. The predicted octanol–water partition coefficient (Wildman–Crippen LogP) is 4.52. The minimum atomic E-state index is -0.194. The number of halogens is 1. The zero-order valence-corrected chi connectivity index (χ0v) is 12.2. The number of benzene rings is 2. The van der Waals surface area contributed by atoms with Gasteiger partial charge in [-0.25, -0.2) is 0 Å². The van der Waals surface area contributed by atoms with Gasteiger partial charge < -0.3 is 0 Å². The van der Waals surface area contributed by atoms with Crippen molar-refractivity contribution >= 4 is 33.5 Å². The van der Waals surface area contributed by atoms with Crippen molar-refractivity contribution in [3.05, 3.63) is 71.8 Å². The summed E-state index contributed by atoms with van der Waals surface area (Å²) in [6.45, 7) is 0. The number of carbonyl (C=O) groups is 1. The van der Waals surface area contributed by atoms with Crippen LogP contribution in [0.5, 0.6) is 0 Å². The maximum Gasteiger partial charge on any atom is 0.186 e. The molecule has 0 amide bonds. The second kappa shape index (κ2) is 6.76. The summed E-state index contributed by atoms with van der Waals surface area (Å²) in [4.78, 5) is 12.1. The van der Waals surface area contributed by atoms with E-state index in [1.165, 1.54) is 5.56 Å². The summed E-state index contributed by atoms with van der Waals surface area (Å²) in [5.74, 6) is 0.950. The fourth-order valence-electron chi connectivity index (χ4n) is 1.55. The summed E-state index contributed by atoms with van der Waals surface area (Å²) in [6.07, 6.45) is 0. The van der Waals surface area contributed by atoms with Crippen LogP contribution in [0.2, 0.25) is 0 Å². The molecular weight excluding hydrogens is 308 g/mol. The Kier molecular flexibility index (Phi) is 5.02. The van der Waals surface area contributed by atoms with Gasteiger partial charge in [0.25, 0.3) is 0 Å². The molecule has 0 aliphatic carbocycles. The lowest BCUT2D eigenvalue weighted by Crippen LogP contribution is -2.10. The molecule has 2 rings (SSSR count). The number of hydrogen-bond donors (Lipinski definition) is 0. The highest BCUT2D eigenvalue weighted by atomic mass is 79.9. The van der Waals surface area contributed by atoms with E-state index in [0.29, 0.717) is 0 Å². The number of thioether (sulfide) groups is 1. The molecule has 1 unspecified atom stereocenters. The van der Waals surface area contributed by atoms with Crippen molar-refractivity contribution in [2.75, 3.05) is 0 Å². The smallest absolute Gasteiger partial charge is 0.186 e. The van der Waals surface area contributed by atoms with Crippen LogP contribution in [0.25, 0.3) is 0 Å². The highest BCUT2D eigenvalue weighted by Crippen LogP contribution is 2.25. The topological polar surface area (TPSA) is 17.1 Å². The molecule has 2 aromatic carbocycles. The summed E-state index contributed by atoms with van der Waals surface area (Å²) >= 11 is 5.05. The highest BCUT2D eigenvalue weighted by Gasteiger charge is 2.16. The van der Waals surface area contributed by atoms with Crippen LogP contribution in [0.4, 0.5) is 0 Å². The molecule has 0 bridgehead atoms. The third kappa shape index (κ3) is 3.72. The zero-order valence-electron chi connectivity index (χ0n) is 9.75. The van der Waals surface area contributed by atoms with Crippen LogP contribution in [-0.4, -0.2) is 9.94 Å². The number of ketones is 1. The van der Waals surface area contributed by atoms with Gasteiger partial charge >= 0.3 is 0 Å². The van der Waals surface area contributed by atoms with E-state index in [-0.39, 0.29) is 9.94 Å². The van der Waals surface area contributed by atoms with Gasteiger partial charge in [0.1, 0.15) is 4.16 Å². The van der Waals surface area contributed by atoms with Crippen LogP contribution in [-0.2, 0) is 5.75 Å². The quantitative estimate of drug-likeness (QED) is 0.595. The maximum atomic E-state index is 12.1. The van der Waals surface area contributed by atoms with Crippen molar-refractivity contribution in [3.8, 4) is 0 Å². The van der Waals surface area contributed by atoms with E-state index in [4.69, 9.17) is 0 Å². The number of alkyl halides is 1. The fourth-order valence-corrected chi connectivity index (χ4v) is 3.03. The average molecular weight is 321 g/mol. The molecular formula is C15H13BrOS. The highest BCUT2D eigenvalue weighted by molar-refractivity contribution is 9.11. The first-order valence-electron chi connectivity index (χ1n) is 5.66. The number of Topliss-reactive ketones (excluding diaryl/α,β-unsaturated/α-hetero) is 1. The van der Waals surface area contributed by atoms with Crippen molar-refractivity contribution in [1.82, 2.24) is 0 Å². The van der Waals surface area contributed by atoms with Crippen LogP contribution < -0.4 is 0 Å². The lowest BCUT2D eigenvalue weighted by Gasteiger charge is -2.08. The van der Waals surface area contributed by atoms with Crippen LogP contribution in [0.1, 0.15) is 15.9 Å². The molecule has 0 saturated heterocycles. The Bertz CT molecular complexity index is 498. The second-order valence-corrected chi connectivity index (χ2v) is 6.46. The molecule has 0 N–H and O–H groups in total. The average Bonchev–Trinajstić information content (AvgIpc) is 2.46. The molecule has 0 aliphatic heterocycles. The first-order chi connectivity index (χ1) is 8.77. The molecule has 0 spiro atoms. The SMILES string of the molecule is O=C(c1ccccc1)C(Br)SCc1ccccc1. The summed E-state index contributed by atoms with van der Waals surface area (Å²) in [6, 6.07) is 19.5. The molecule has 0 fully saturated rings. The maximum absolute atomic E-state index is 12.1. The fraction of sp³-hybridized carbons (Fsp3) is 0.133. The Labute approximate surface area is 120 Å². The molecule has 0 aliphatic rings. The third-order valence-electron chi connectivity index (χ3n) is 2.50. The van der Waals surface area contributed by atoms with Crippen LogP contribution >= 0.6 is 27.7 Å². The van der Waals surface area contributed by atoms with Crippen LogP contribution in [0, 0.1) is 0 Å². The van der Waals surface area contributed by atoms with Gasteiger partial charge in [-0.2, -0.15) is 0 Å². The summed E-state index contributed by atoms with van der Waals surface area (Å²) < 4.78 is -0.194. The third-order valence-corrected chi connectivity index (χ3v) is 4.72. The van der Waals surface area contributed by atoms with E-state index in [1.54, 1.807) is 11.8 Å². The lowest BCUT2D eigenvalue weighted by atomic mass is 10.2. The van der Waals surface area contributed by atoms with Gasteiger partial charge in [0.2, 0.25) is 0 Å². The molecule has 18 heavy (non-hydrogen) atoms. The van der Waals surface area contributed by atoms with Gasteiger partial charge in [0.05, 0.1) is 0 Å². The van der Waals surface area contributed by atoms with E-state index in [2.05, 4.69) is 28.1 Å². The van der Waals surface area contributed by atoms with Crippen LogP contribution in [0.3, 0.4) is 0 Å². The molecule has 2 aromatic rings. The molecule has 1 atom stereocenters. The Hall–Kier alpha value is -1.06. The Morgan fingerprint density at radius 1 is 1.00 bits per heavy atom. The van der Waals surface area contributed by atoms with E-state index in [9.17, 15) is 4.79 Å². The largest absolute Gasteiger partial charge is 0.292 e. The molecule has 0 saturated carbocycles. The summed E-state index contributed by atoms with van der Waals surface area (Å²) in [5, 5.41) is 0. The predicted molar refractivity (Wildman–Crippen MR) is 81.2 cm³/mol. The van der Waals surface area contributed by atoms with E-state index in [1.807, 2.05) is 48.5 Å². The molecule has 1 nitrogen and oxygen atoms in total. The minimum absolute atomic E-state index is 0.122. The van der Waals surface area contributed by atoms with Gasteiger partial charge in [-0.05, 0) is 5.56 Å². The van der Waals surface area contributed by atoms with E-state index >= 15 is 0 Å². The number of carbonyl (C=O) groups excluding carboxylic acids is 1. The van der Waals surface area contributed by atoms with E-state index < -0.39 is 0 Å². The van der Waals surface area contributed by atoms with Crippen molar-refractivity contribution in [2.24, 2.45) is 0 Å². The van der Waals surface area contributed by atoms with E-state index in [0.717, 1.165) is 11.3 Å². The second-order valence-electron chi connectivity index (χ2n) is 3.84. The summed E-state index contributed by atoms with van der Waals surface area (Å²) in [7, 11) is 0.